The zero-order chi connectivity index (χ0) is 17.9. The van der Waals surface area contributed by atoms with Crippen molar-refractivity contribution in [3.8, 4) is 0 Å². The fourth-order valence-corrected chi connectivity index (χ4v) is 5.67. The van der Waals surface area contributed by atoms with E-state index in [1.54, 1.807) is 4.90 Å². The topological polar surface area (TPSA) is 66.9 Å². The highest BCUT2D eigenvalue weighted by atomic mass is 32.2. The van der Waals surface area contributed by atoms with Crippen LogP contribution >= 0.6 is 0 Å². The number of carbonyl (C=O) groups is 1. The molecular weight excluding hydrogens is 340 g/mol. The smallest absolute Gasteiger partial charge is 0.248 e. The summed E-state index contributed by atoms with van der Waals surface area (Å²) in [5, 5.41) is 0. The summed E-state index contributed by atoms with van der Waals surface area (Å²) in [6.07, 6.45) is 4.10. The summed E-state index contributed by atoms with van der Waals surface area (Å²) in [7, 11) is -1.64. The molecule has 1 amide bonds. The van der Waals surface area contributed by atoms with Gasteiger partial charge in [-0.15, -0.1) is 0 Å². The molecule has 6 nitrogen and oxygen atoms in total. The molecule has 3 rings (SSSR count). The second-order valence-electron chi connectivity index (χ2n) is 6.54. The number of ether oxygens (including phenoxy) is 1. The minimum absolute atomic E-state index is 0.00280. The van der Waals surface area contributed by atoms with Crippen molar-refractivity contribution in [2.45, 2.75) is 12.1 Å². The van der Waals surface area contributed by atoms with Crippen LogP contribution in [-0.2, 0) is 19.4 Å². The first kappa shape index (κ1) is 18.1. The molecule has 2 fully saturated rings. The highest BCUT2D eigenvalue weighted by Gasteiger charge is 2.47. The molecular formula is C18H24N2O4S. The third kappa shape index (κ3) is 4.29. The number of piperazine rings is 1. The van der Waals surface area contributed by atoms with E-state index in [0.29, 0.717) is 19.6 Å². The molecule has 1 aromatic carbocycles. The van der Waals surface area contributed by atoms with Gasteiger partial charge in [-0.2, -0.15) is 0 Å². The van der Waals surface area contributed by atoms with Crippen LogP contribution in [0.2, 0.25) is 0 Å². The fraction of sp³-hybridized carbons (Fsp3) is 0.500. The molecule has 0 unspecified atom stereocenters. The first-order valence-corrected chi connectivity index (χ1v) is 10.3. The summed E-state index contributed by atoms with van der Waals surface area (Å²) in [6, 6.07) is 9.59. The first-order chi connectivity index (χ1) is 12.0. The van der Waals surface area contributed by atoms with E-state index in [1.165, 1.54) is 7.11 Å². The molecule has 0 spiro atoms. The summed E-state index contributed by atoms with van der Waals surface area (Å²) in [6.45, 7) is 1.89. The molecule has 2 heterocycles. The predicted molar refractivity (Wildman–Crippen MR) is 96.9 cm³/mol. The third-order valence-corrected chi connectivity index (χ3v) is 6.53. The highest BCUT2D eigenvalue weighted by Crippen LogP contribution is 2.27. The summed E-state index contributed by atoms with van der Waals surface area (Å²) in [5.74, 6) is 0.0358. The second-order valence-corrected chi connectivity index (χ2v) is 8.69. The second kappa shape index (κ2) is 7.68. The number of rotatable bonds is 5. The fourth-order valence-electron chi connectivity index (χ4n) is 3.66. The minimum Gasteiger partial charge on any atom is -0.375 e. The molecule has 25 heavy (non-hydrogen) atoms. The minimum atomic E-state index is -3.12. The Morgan fingerprint density at radius 3 is 2.64 bits per heavy atom. The lowest BCUT2D eigenvalue weighted by Gasteiger charge is -2.43. The number of hydrogen-bond acceptors (Lipinski definition) is 5. The zero-order valence-corrected chi connectivity index (χ0v) is 15.2. The Balaban J connectivity index is 1.70. The van der Waals surface area contributed by atoms with E-state index in [4.69, 9.17) is 4.74 Å². The number of sulfone groups is 1. The van der Waals surface area contributed by atoms with Crippen LogP contribution in [0.4, 0.5) is 0 Å². The number of amides is 1. The Bertz CT molecular complexity index is 733. The van der Waals surface area contributed by atoms with Crippen molar-refractivity contribution < 1.29 is 17.9 Å². The summed E-state index contributed by atoms with van der Waals surface area (Å²) in [5.41, 5.74) is 1.12. The van der Waals surface area contributed by atoms with Gasteiger partial charge in [0.15, 0.2) is 9.84 Å². The van der Waals surface area contributed by atoms with Gasteiger partial charge in [0.25, 0.3) is 0 Å². The third-order valence-electron chi connectivity index (χ3n) is 4.83. The van der Waals surface area contributed by atoms with Crippen molar-refractivity contribution in [1.29, 1.82) is 0 Å². The van der Waals surface area contributed by atoms with Crippen molar-refractivity contribution in [1.82, 2.24) is 9.80 Å². The van der Waals surface area contributed by atoms with Crippen molar-refractivity contribution in [2.75, 3.05) is 44.9 Å². The first-order valence-electron chi connectivity index (χ1n) is 8.44. The van der Waals surface area contributed by atoms with Crippen molar-refractivity contribution in [3.05, 3.63) is 42.0 Å². The number of nitrogens with zero attached hydrogens (tertiary/aromatic N) is 2. The number of carbonyl (C=O) groups excluding carboxylic acids is 1. The van der Waals surface area contributed by atoms with Gasteiger partial charge < -0.3 is 9.64 Å². The van der Waals surface area contributed by atoms with Crippen molar-refractivity contribution in [2.24, 2.45) is 0 Å². The van der Waals surface area contributed by atoms with Gasteiger partial charge in [-0.05, 0) is 5.56 Å². The van der Waals surface area contributed by atoms with Crippen LogP contribution in [0.15, 0.2) is 36.4 Å². The van der Waals surface area contributed by atoms with Crippen molar-refractivity contribution in [3.63, 3.8) is 0 Å². The average Bonchev–Trinajstić information content (AvgIpc) is 2.91. The molecule has 136 valence electrons. The molecule has 0 aromatic heterocycles. The maximum absolute atomic E-state index is 12.2. The van der Waals surface area contributed by atoms with Crippen LogP contribution in [0.25, 0.3) is 6.08 Å². The van der Waals surface area contributed by atoms with Crippen LogP contribution in [0.3, 0.4) is 0 Å². The van der Waals surface area contributed by atoms with Gasteiger partial charge >= 0.3 is 0 Å². The number of fused-ring (bicyclic) bond motifs is 1. The van der Waals surface area contributed by atoms with Crippen LogP contribution in [0.5, 0.6) is 0 Å². The normalized spacial score (nSPS) is 26.0. The Labute approximate surface area is 149 Å². The Morgan fingerprint density at radius 2 is 1.92 bits per heavy atom. The zero-order valence-electron chi connectivity index (χ0n) is 14.4. The molecule has 0 radical (unpaired) electrons. The lowest BCUT2D eigenvalue weighted by atomic mass is 10.0. The molecule has 0 N–H and O–H groups in total. The SMILES string of the molecule is COCC(=O)N1CCN(C/C=C/c2ccccc2)[C@H]2CS(=O)(=O)C[C@H]21. The Hall–Kier alpha value is -1.70. The maximum atomic E-state index is 12.2. The summed E-state index contributed by atoms with van der Waals surface area (Å²) >= 11 is 0. The Kier molecular flexibility index (Phi) is 5.56. The van der Waals surface area contributed by atoms with E-state index < -0.39 is 9.84 Å². The standard InChI is InChI=1S/C18H24N2O4S/c1-24-12-18(21)20-11-10-19(16-13-25(22,23)14-17(16)20)9-5-8-15-6-3-2-4-7-15/h2-8,16-17H,9-14H2,1H3/b8-5+/t16-,17+/m0/s1. The molecule has 0 aliphatic carbocycles. The number of hydrogen-bond donors (Lipinski definition) is 0. The number of methoxy groups -OCH3 is 1. The van der Waals surface area contributed by atoms with E-state index >= 15 is 0 Å². The number of benzene rings is 1. The van der Waals surface area contributed by atoms with Gasteiger partial charge in [0.2, 0.25) is 5.91 Å². The van der Waals surface area contributed by atoms with E-state index in [1.807, 2.05) is 36.4 Å². The van der Waals surface area contributed by atoms with E-state index in [-0.39, 0.29) is 36.1 Å². The molecule has 2 aliphatic rings. The maximum Gasteiger partial charge on any atom is 0.248 e. The average molecular weight is 364 g/mol. The van der Waals surface area contributed by atoms with Gasteiger partial charge in [-0.1, -0.05) is 42.5 Å². The van der Waals surface area contributed by atoms with Crippen LogP contribution in [0.1, 0.15) is 5.56 Å². The Morgan fingerprint density at radius 1 is 1.20 bits per heavy atom. The molecule has 2 atom stereocenters. The van der Waals surface area contributed by atoms with Crippen LogP contribution in [-0.4, -0.2) is 81.1 Å². The van der Waals surface area contributed by atoms with Crippen LogP contribution in [0, 0.1) is 0 Å². The molecule has 1 aromatic rings. The largest absolute Gasteiger partial charge is 0.375 e. The molecule has 2 aliphatic heterocycles. The van der Waals surface area contributed by atoms with E-state index in [9.17, 15) is 13.2 Å². The quantitative estimate of drug-likeness (QED) is 0.768. The van der Waals surface area contributed by atoms with Crippen LogP contribution < -0.4 is 0 Å². The van der Waals surface area contributed by atoms with E-state index in [0.717, 1.165) is 5.56 Å². The summed E-state index contributed by atoms with van der Waals surface area (Å²) in [4.78, 5) is 16.1. The molecule has 0 saturated carbocycles. The van der Waals surface area contributed by atoms with E-state index in [2.05, 4.69) is 11.0 Å². The lowest BCUT2D eigenvalue weighted by molar-refractivity contribution is -0.140. The van der Waals surface area contributed by atoms with Gasteiger partial charge in [0.1, 0.15) is 6.61 Å². The molecule has 0 bridgehead atoms. The van der Waals surface area contributed by atoms with Gasteiger partial charge in [0, 0.05) is 32.8 Å². The monoisotopic (exact) mass is 364 g/mol. The van der Waals surface area contributed by atoms with Crippen molar-refractivity contribution >= 4 is 21.8 Å². The van der Waals surface area contributed by atoms with Gasteiger partial charge in [-0.3, -0.25) is 9.69 Å². The predicted octanol–water partition coefficient (Wildman–Crippen LogP) is 0.656. The van der Waals surface area contributed by atoms with Gasteiger partial charge in [-0.25, -0.2) is 8.42 Å². The summed E-state index contributed by atoms with van der Waals surface area (Å²) < 4.78 is 29.2. The lowest BCUT2D eigenvalue weighted by Crippen LogP contribution is -2.61. The molecule has 7 heteroatoms. The van der Waals surface area contributed by atoms with Gasteiger partial charge in [0.05, 0.1) is 17.5 Å². The molecule has 2 saturated heterocycles. The highest BCUT2D eigenvalue weighted by molar-refractivity contribution is 7.91.